The van der Waals surface area contributed by atoms with Gasteiger partial charge in [-0.3, -0.25) is 0 Å². The number of aromatic nitrogens is 3. The Morgan fingerprint density at radius 1 is 1.47 bits per heavy atom. The normalized spacial score (nSPS) is 13.9. The maximum atomic E-state index is 9.80. The van der Waals surface area contributed by atoms with Crippen LogP contribution in [0.15, 0.2) is 18.5 Å². The van der Waals surface area contributed by atoms with Gasteiger partial charge in [-0.05, 0) is 43.4 Å². The van der Waals surface area contributed by atoms with E-state index in [0.717, 1.165) is 9.35 Å². The van der Waals surface area contributed by atoms with Crippen LogP contribution in [0, 0.1) is 3.70 Å². The molecule has 0 aliphatic heterocycles. The minimum Gasteiger partial charge on any atom is -0.486 e. The summed E-state index contributed by atoms with van der Waals surface area (Å²) >= 11 is 2.16. The van der Waals surface area contributed by atoms with Crippen molar-refractivity contribution < 1.29 is 9.84 Å². The van der Waals surface area contributed by atoms with Crippen LogP contribution in [0.5, 0.6) is 5.75 Å². The second-order valence-corrected chi connectivity index (χ2v) is 5.56. The van der Waals surface area contributed by atoms with E-state index in [0.29, 0.717) is 5.75 Å². The van der Waals surface area contributed by atoms with Crippen molar-refractivity contribution in [1.29, 1.82) is 0 Å². The van der Waals surface area contributed by atoms with Crippen molar-refractivity contribution >= 4 is 28.2 Å². The van der Waals surface area contributed by atoms with Gasteiger partial charge in [0.25, 0.3) is 0 Å². The molecule has 92 valence electrons. The molecule has 0 saturated heterocycles. The van der Waals surface area contributed by atoms with E-state index in [1.807, 2.05) is 6.92 Å². The van der Waals surface area contributed by atoms with Gasteiger partial charge in [-0.25, -0.2) is 9.50 Å². The van der Waals surface area contributed by atoms with Crippen molar-refractivity contribution in [3.63, 3.8) is 0 Å². The Bertz CT molecular complexity index is 533. The summed E-state index contributed by atoms with van der Waals surface area (Å²) in [6.07, 6.45) is 3.05. The molecule has 2 rings (SSSR count). The van der Waals surface area contributed by atoms with E-state index in [1.54, 1.807) is 36.8 Å². The van der Waals surface area contributed by atoms with E-state index in [1.165, 1.54) is 0 Å². The minimum atomic E-state index is -0.893. The van der Waals surface area contributed by atoms with Crippen LogP contribution in [0.3, 0.4) is 0 Å². The Balaban J connectivity index is 2.25. The quantitative estimate of drug-likeness (QED) is 0.862. The van der Waals surface area contributed by atoms with E-state index >= 15 is 0 Å². The predicted molar refractivity (Wildman–Crippen MR) is 72.1 cm³/mol. The van der Waals surface area contributed by atoms with Gasteiger partial charge >= 0.3 is 0 Å². The van der Waals surface area contributed by atoms with Crippen LogP contribution in [0.25, 0.3) is 5.65 Å². The van der Waals surface area contributed by atoms with Gasteiger partial charge in [0.05, 0.1) is 18.0 Å². The molecule has 0 spiro atoms. The molecule has 17 heavy (non-hydrogen) atoms. The number of hydrogen-bond donors (Lipinski definition) is 1. The third kappa shape index (κ3) is 2.68. The molecule has 0 aliphatic rings. The van der Waals surface area contributed by atoms with Crippen LogP contribution in [0.4, 0.5) is 0 Å². The lowest BCUT2D eigenvalue weighted by molar-refractivity contribution is -0.0243. The molecule has 1 N–H and O–H groups in total. The van der Waals surface area contributed by atoms with Gasteiger partial charge in [-0.15, -0.1) is 0 Å². The molecule has 0 amide bonds. The van der Waals surface area contributed by atoms with Crippen LogP contribution >= 0.6 is 22.6 Å². The average Bonchev–Trinajstić information content (AvgIpc) is 2.59. The summed E-state index contributed by atoms with van der Waals surface area (Å²) in [5.74, 6) is 0.606. The summed E-state index contributed by atoms with van der Waals surface area (Å²) in [6.45, 7) is 5.24. The van der Waals surface area contributed by atoms with Crippen LogP contribution in [0.2, 0.25) is 0 Å². The Hall–Kier alpha value is -0.890. The Morgan fingerprint density at radius 3 is 2.82 bits per heavy atom. The van der Waals surface area contributed by atoms with E-state index < -0.39 is 5.60 Å². The van der Waals surface area contributed by atoms with E-state index in [-0.39, 0.29) is 6.10 Å². The first kappa shape index (κ1) is 12.6. The molecule has 2 heterocycles. The smallest absolute Gasteiger partial charge is 0.158 e. The van der Waals surface area contributed by atoms with Crippen molar-refractivity contribution in [3.8, 4) is 5.75 Å². The fraction of sp³-hybridized carbons (Fsp3) is 0.455. The third-order valence-electron chi connectivity index (χ3n) is 2.60. The molecule has 1 atom stereocenters. The van der Waals surface area contributed by atoms with Crippen LogP contribution in [0.1, 0.15) is 20.8 Å². The number of aliphatic hydroxyl groups is 1. The van der Waals surface area contributed by atoms with Crippen molar-refractivity contribution in [1.82, 2.24) is 14.6 Å². The molecule has 0 aromatic carbocycles. The predicted octanol–water partition coefficient (Wildman–Crippen LogP) is 1.87. The lowest BCUT2D eigenvalue weighted by Gasteiger charge is -2.26. The fourth-order valence-electron chi connectivity index (χ4n) is 1.24. The largest absolute Gasteiger partial charge is 0.486 e. The molecular weight excluding hydrogens is 333 g/mol. The minimum absolute atomic E-state index is 0.319. The van der Waals surface area contributed by atoms with Gasteiger partial charge in [0.2, 0.25) is 0 Å². The third-order valence-corrected chi connectivity index (χ3v) is 3.34. The lowest BCUT2D eigenvalue weighted by atomic mass is 10.0. The maximum Gasteiger partial charge on any atom is 0.158 e. The fourth-order valence-corrected chi connectivity index (χ4v) is 1.75. The van der Waals surface area contributed by atoms with Crippen molar-refractivity contribution in [2.45, 2.75) is 32.5 Å². The number of hydrogen-bond acceptors (Lipinski definition) is 4. The summed E-state index contributed by atoms with van der Waals surface area (Å²) in [4.78, 5) is 4.20. The molecule has 0 bridgehead atoms. The standard InChI is InChI=1S/C11H14IN3O2/c1-7(11(2,3)16)17-8-4-10-13-6-9(12)15(10)14-5-8/h4-7,16H,1-3H3. The van der Waals surface area contributed by atoms with Crippen molar-refractivity contribution in [2.24, 2.45) is 0 Å². The molecule has 1 unspecified atom stereocenters. The molecule has 0 fully saturated rings. The molecule has 2 aromatic heterocycles. The SMILES string of the molecule is CC(Oc1cnn2c(I)cnc2c1)C(C)(C)O. The van der Waals surface area contributed by atoms with Gasteiger partial charge in [0.1, 0.15) is 15.6 Å². The number of rotatable bonds is 3. The summed E-state index contributed by atoms with van der Waals surface area (Å²) in [5, 5.41) is 14.0. The monoisotopic (exact) mass is 347 g/mol. The summed E-state index contributed by atoms with van der Waals surface area (Å²) in [5.41, 5.74) is -0.162. The van der Waals surface area contributed by atoms with E-state index in [2.05, 4.69) is 32.7 Å². The maximum absolute atomic E-state index is 9.80. The van der Waals surface area contributed by atoms with Crippen molar-refractivity contribution in [3.05, 3.63) is 22.2 Å². The molecule has 0 radical (unpaired) electrons. The molecule has 0 saturated carbocycles. The zero-order chi connectivity index (χ0) is 12.6. The van der Waals surface area contributed by atoms with Gasteiger partial charge in [0.15, 0.2) is 5.65 Å². The van der Waals surface area contributed by atoms with E-state index in [9.17, 15) is 5.11 Å². The lowest BCUT2D eigenvalue weighted by Crippen LogP contribution is -2.37. The average molecular weight is 347 g/mol. The number of fused-ring (bicyclic) bond motifs is 1. The highest BCUT2D eigenvalue weighted by atomic mass is 127. The zero-order valence-electron chi connectivity index (χ0n) is 9.88. The highest BCUT2D eigenvalue weighted by Gasteiger charge is 2.24. The Kier molecular flexibility index (Phi) is 3.26. The molecule has 0 aliphatic carbocycles. The van der Waals surface area contributed by atoms with E-state index in [4.69, 9.17) is 4.74 Å². The Morgan fingerprint density at radius 2 is 2.18 bits per heavy atom. The number of nitrogens with zero attached hydrogens (tertiary/aromatic N) is 3. The van der Waals surface area contributed by atoms with Gasteiger partial charge in [-0.1, -0.05) is 0 Å². The topological polar surface area (TPSA) is 59.7 Å². The molecule has 5 nitrogen and oxygen atoms in total. The van der Waals surface area contributed by atoms with Crippen LogP contribution < -0.4 is 4.74 Å². The van der Waals surface area contributed by atoms with Crippen LogP contribution in [-0.2, 0) is 0 Å². The second kappa shape index (κ2) is 4.41. The Labute approximate surface area is 113 Å². The number of ether oxygens (including phenoxy) is 1. The number of halogens is 1. The molecular formula is C11H14IN3O2. The zero-order valence-corrected chi connectivity index (χ0v) is 12.0. The summed E-state index contributed by atoms with van der Waals surface area (Å²) < 4.78 is 8.30. The first-order valence-electron chi connectivity index (χ1n) is 5.26. The molecule has 6 heteroatoms. The van der Waals surface area contributed by atoms with Gasteiger partial charge < -0.3 is 9.84 Å². The highest BCUT2D eigenvalue weighted by Crippen LogP contribution is 2.19. The van der Waals surface area contributed by atoms with Crippen molar-refractivity contribution in [2.75, 3.05) is 0 Å². The van der Waals surface area contributed by atoms with Crippen LogP contribution in [-0.4, -0.2) is 31.4 Å². The first-order valence-corrected chi connectivity index (χ1v) is 6.34. The summed E-state index contributed by atoms with van der Waals surface area (Å²) in [7, 11) is 0. The summed E-state index contributed by atoms with van der Waals surface area (Å²) in [6, 6.07) is 1.80. The van der Waals surface area contributed by atoms with Gasteiger partial charge in [0, 0.05) is 6.07 Å². The first-order chi connectivity index (χ1) is 7.88. The highest BCUT2D eigenvalue weighted by molar-refractivity contribution is 14.1. The number of imidazole rings is 1. The van der Waals surface area contributed by atoms with Gasteiger partial charge in [-0.2, -0.15) is 5.10 Å². The molecule has 2 aromatic rings. The second-order valence-electron chi connectivity index (χ2n) is 4.46.